The molecule has 1 rings (SSSR count). The Bertz CT molecular complexity index is 535. The minimum Gasteiger partial charge on any atom is -0.466 e. The second-order valence-corrected chi connectivity index (χ2v) is 5.86. The number of carbonyl (C=O) groups excluding carboxylic acids is 1. The first-order valence-corrected chi connectivity index (χ1v) is 7.52. The molecule has 0 aliphatic rings. The molecular formula is C12H18N2O4S. The van der Waals surface area contributed by atoms with Crippen LogP contribution in [0.3, 0.4) is 0 Å². The van der Waals surface area contributed by atoms with E-state index >= 15 is 0 Å². The van der Waals surface area contributed by atoms with E-state index in [4.69, 9.17) is 5.73 Å². The summed E-state index contributed by atoms with van der Waals surface area (Å²) in [5.41, 5.74) is 7.14. The van der Waals surface area contributed by atoms with Crippen LogP contribution in [0.5, 0.6) is 0 Å². The summed E-state index contributed by atoms with van der Waals surface area (Å²) in [6.07, 6.45) is -0.186. The van der Waals surface area contributed by atoms with Crippen LogP contribution < -0.4 is 10.5 Å². The Morgan fingerprint density at radius 1 is 1.42 bits per heavy atom. The smallest absolute Gasteiger partial charge is 0.306 e. The van der Waals surface area contributed by atoms with Crippen LogP contribution in [0.25, 0.3) is 0 Å². The quantitative estimate of drug-likeness (QED) is 0.606. The number of ether oxygens (including phenoxy) is 1. The van der Waals surface area contributed by atoms with Gasteiger partial charge in [-0.05, 0) is 25.5 Å². The summed E-state index contributed by atoms with van der Waals surface area (Å²) < 4.78 is 30.7. The number of nitrogens with two attached hydrogens (primary N) is 1. The van der Waals surface area contributed by atoms with Crippen molar-refractivity contribution in [1.29, 1.82) is 0 Å². The Morgan fingerprint density at radius 3 is 2.68 bits per heavy atom. The van der Waals surface area contributed by atoms with E-state index in [9.17, 15) is 13.2 Å². The van der Waals surface area contributed by atoms with Crippen LogP contribution in [0.2, 0.25) is 0 Å². The minimum atomic E-state index is -3.62. The first kappa shape index (κ1) is 15.3. The van der Waals surface area contributed by atoms with Crippen molar-refractivity contribution in [2.75, 3.05) is 22.8 Å². The van der Waals surface area contributed by atoms with Gasteiger partial charge in [-0.1, -0.05) is 12.1 Å². The predicted octanol–water partition coefficient (Wildman–Crippen LogP) is 1.27. The van der Waals surface area contributed by atoms with E-state index in [2.05, 4.69) is 9.46 Å². The SMILES string of the molecule is CCOC(=O)CCS(=O)(=O)Nc1c(C)cccc1N. The molecule has 0 saturated carbocycles. The number of anilines is 2. The van der Waals surface area contributed by atoms with Crippen LogP contribution in [0.15, 0.2) is 18.2 Å². The van der Waals surface area contributed by atoms with E-state index in [1.807, 2.05) is 0 Å². The molecule has 0 heterocycles. The van der Waals surface area contributed by atoms with Crippen molar-refractivity contribution in [2.24, 2.45) is 0 Å². The summed E-state index contributed by atoms with van der Waals surface area (Å²) in [7, 11) is -3.62. The zero-order valence-electron chi connectivity index (χ0n) is 11.0. The van der Waals surface area contributed by atoms with Gasteiger partial charge in [-0.3, -0.25) is 9.52 Å². The number of sulfonamides is 1. The van der Waals surface area contributed by atoms with Crippen LogP contribution in [-0.2, 0) is 19.6 Å². The molecule has 0 bridgehead atoms. The zero-order chi connectivity index (χ0) is 14.5. The second-order valence-electron chi connectivity index (χ2n) is 4.02. The molecule has 0 radical (unpaired) electrons. The average Bonchev–Trinajstić information content (AvgIpc) is 2.32. The normalized spacial score (nSPS) is 11.1. The lowest BCUT2D eigenvalue weighted by Crippen LogP contribution is -2.21. The zero-order valence-corrected chi connectivity index (χ0v) is 11.8. The van der Waals surface area contributed by atoms with Crippen molar-refractivity contribution < 1.29 is 17.9 Å². The molecular weight excluding hydrogens is 268 g/mol. The number of hydrogen-bond donors (Lipinski definition) is 2. The highest BCUT2D eigenvalue weighted by Crippen LogP contribution is 2.23. The van der Waals surface area contributed by atoms with Gasteiger partial charge in [0, 0.05) is 0 Å². The van der Waals surface area contributed by atoms with Gasteiger partial charge in [0.05, 0.1) is 30.2 Å². The first-order valence-electron chi connectivity index (χ1n) is 5.87. The minimum absolute atomic E-state index is 0.186. The number of para-hydroxylation sites is 1. The third-order valence-electron chi connectivity index (χ3n) is 2.44. The van der Waals surface area contributed by atoms with Gasteiger partial charge in [0.25, 0.3) is 0 Å². The van der Waals surface area contributed by atoms with E-state index < -0.39 is 16.0 Å². The third-order valence-corrected chi connectivity index (χ3v) is 3.70. The van der Waals surface area contributed by atoms with Crippen molar-refractivity contribution in [1.82, 2.24) is 0 Å². The molecule has 0 spiro atoms. The molecule has 7 heteroatoms. The summed E-state index contributed by atoms with van der Waals surface area (Å²) in [5.74, 6) is -0.870. The first-order chi connectivity index (χ1) is 8.85. The number of rotatable bonds is 6. The Labute approximate surface area is 113 Å². The van der Waals surface area contributed by atoms with Crippen LogP contribution in [0.1, 0.15) is 18.9 Å². The summed E-state index contributed by atoms with van der Waals surface area (Å²) in [4.78, 5) is 11.1. The Kier molecular flexibility index (Phi) is 5.17. The van der Waals surface area contributed by atoms with Crippen molar-refractivity contribution in [3.8, 4) is 0 Å². The maximum absolute atomic E-state index is 11.8. The van der Waals surface area contributed by atoms with Gasteiger partial charge in [0.15, 0.2) is 0 Å². The molecule has 0 aliphatic heterocycles. The van der Waals surface area contributed by atoms with Crippen LogP contribution in [0.4, 0.5) is 11.4 Å². The van der Waals surface area contributed by atoms with E-state index in [0.717, 1.165) is 5.56 Å². The molecule has 106 valence electrons. The molecule has 0 unspecified atom stereocenters. The van der Waals surface area contributed by atoms with Gasteiger partial charge < -0.3 is 10.5 Å². The van der Waals surface area contributed by atoms with E-state index in [1.54, 1.807) is 32.0 Å². The highest BCUT2D eigenvalue weighted by molar-refractivity contribution is 7.92. The molecule has 1 aromatic carbocycles. The van der Waals surface area contributed by atoms with Crippen LogP contribution >= 0.6 is 0 Å². The van der Waals surface area contributed by atoms with Gasteiger partial charge in [-0.25, -0.2) is 8.42 Å². The third kappa shape index (κ3) is 4.78. The standard InChI is InChI=1S/C12H18N2O4S/c1-3-18-11(15)7-8-19(16,17)14-12-9(2)5-4-6-10(12)13/h4-6,14H,3,7-8,13H2,1-2H3. The summed E-state index contributed by atoms with van der Waals surface area (Å²) in [5, 5.41) is 0. The van der Waals surface area contributed by atoms with E-state index in [-0.39, 0.29) is 18.8 Å². The molecule has 0 amide bonds. The van der Waals surface area contributed by atoms with Crippen molar-refractivity contribution >= 4 is 27.4 Å². The summed E-state index contributed by atoms with van der Waals surface area (Å²) in [6.45, 7) is 3.65. The average molecular weight is 286 g/mol. The fourth-order valence-corrected chi connectivity index (χ4v) is 2.61. The highest BCUT2D eigenvalue weighted by Gasteiger charge is 2.16. The lowest BCUT2D eigenvalue weighted by Gasteiger charge is -2.12. The lowest BCUT2D eigenvalue weighted by atomic mass is 10.2. The second kappa shape index (κ2) is 6.42. The van der Waals surface area contributed by atoms with E-state index in [0.29, 0.717) is 11.4 Å². The maximum Gasteiger partial charge on any atom is 0.306 e. The van der Waals surface area contributed by atoms with E-state index in [1.165, 1.54) is 0 Å². The fourth-order valence-electron chi connectivity index (χ4n) is 1.49. The number of hydrogen-bond acceptors (Lipinski definition) is 5. The molecule has 6 nitrogen and oxygen atoms in total. The van der Waals surface area contributed by atoms with Gasteiger partial charge in [0.1, 0.15) is 0 Å². The molecule has 0 aromatic heterocycles. The number of aryl methyl sites for hydroxylation is 1. The summed E-state index contributed by atoms with van der Waals surface area (Å²) in [6, 6.07) is 5.09. The number of nitrogens with one attached hydrogen (secondary N) is 1. The molecule has 3 N–H and O–H groups in total. The van der Waals surface area contributed by atoms with Gasteiger partial charge in [-0.15, -0.1) is 0 Å². The predicted molar refractivity (Wildman–Crippen MR) is 74.3 cm³/mol. The highest BCUT2D eigenvalue weighted by atomic mass is 32.2. The topological polar surface area (TPSA) is 98.5 Å². The van der Waals surface area contributed by atoms with Crippen LogP contribution in [0, 0.1) is 6.92 Å². The number of nitrogen functional groups attached to an aromatic ring is 1. The fraction of sp³-hybridized carbons (Fsp3) is 0.417. The van der Waals surface area contributed by atoms with Crippen molar-refractivity contribution in [3.05, 3.63) is 23.8 Å². The van der Waals surface area contributed by atoms with Gasteiger partial charge in [0.2, 0.25) is 10.0 Å². The Hall–Kier alpha value is -1.76. The van der Waals surface area contributed by atoms with Crippen molar-refractivity contribution in [3.63, 3.8) is 0 Å². The Balaban J connectivity index is 2.72. The lowest BCUT2D eigenvalue weighted by molar-refractivity contribution is -0.142. The van der Waals surface area contributed by atoms with Crippen molar-refractivity contribution in [2.45, 2.75) is 20.3 Å². The maximum atomic E-state index is 11.8. The molecule has 0 atom stereocenters. The molecule has 0 aliphatic carbocycles. The van der Waals surface area contributed by atoms with Gasteiger partial charge in [-0.2, -0.15) is 0 Å². The monoisotopic (exact) mass is 286 g/mol. The van der Waals surface area contributed by atoms with Gasteiger partial charge >= 0.3 is 5.97 Å². The number of carbonyl (C=O) groups is 1. The largest absolute Gasteiger partial charge is 0.466 e. The molecule has 19 heavy (non-hydrogen) atoms. The number of benzene rings is 1. The molecule has 0 saturated heterocycles. The van der Waals surface area contributed by atoms with Crippen LogP contribution in [-0.4, -0.2) is 26.7 Å². The summed E-state index contributed by atoms with van der Waals surface area (Å²) >= 11 is 0. The molecule has 1 aromatic rings. The number of esters is 1. The Morgan fingerprint density at radius 2 is 2.11 bits per heavy atom. The molecule has 0 fully saturated rings.